The van der Waals surface area contributed by atoms with Crippen LogP contribution in [0.25, 0.3) is 10.9 Å². The second kappa shape index (κ2) is 10.5. The summed E-state index contributed by atoms with van der Waals surface area (Å²) in [6.07, 6.45) is 1.04. The van der Waals surface area contributed by atoms with Gasteiger partial charge in [-0.25, -0.2) is 9.97 Å². The molecule has 9 heteroatoms. The first kappa shape index (κ1) is 23.5. The Bertz CT molecular complexity index is 1370. The molecule has 6 nitrogen and oxygen atoms in total. The minimum atomic E-state index is -0.0947. The summed E-state index contributed by atoms with van der Waals surface area (Å²) in [6.45, 7) is 4.58. The predicted octanol–water partition coefficient (Wildman–Crippen LogP) is 5.70. The smallest absolute Gasteiger partial charge is 0.262 e. The number of hydrogen-bond acceptors (Lipinski definition) is 6. The van der Waals surface area contributed by atoms with Gasteiger partial charge in [-0.15, -0.1) is 11.3 Å². The van der Waals surface area contributed by atoms with Gasteiger partial charge in [0.15, 0.2) is 5.16 Å². The number of nitrogens with zero attached hydrogens (tertiary/aromatic N) is 3. The number of aryl methyl sites for hydroxylation is 1. The largest absolute Gasteiger partial charge is 0.325 e. The van der Waals surface area contributed by atoms with Gasteiger partial charge in [-0.3, -0.25) is 14.2 Å². The van der Waals surface area contributed by atoms with E-state index < -0.39 is 0 Å². The minimum Gasteiger partial charge on any atom is -0.325 e. The van der Waals surface area contributed by atoms with Crippen molar-refractivity contribution in [3.63, 3.8) is 0 Å². The van der Waals surface area contributed by atoms with E-state index in [2.05, 4.69) is 10.3 Å². The minimum absolute atomic E-state index is 0.0622. The molecule has 1 amide bonds. The predicted molar refractivity (Wildman–Crippen MR) is 136 cm³/mol. The van der Waals surface area contributed by atoms with Crippen LogP contribution in [0.2, 0.25) is 5.02 Å². The van der Waals surface area contributed by atoms with Crippen LogP contribution in [-0.2, 0) is 23.5 Å². The number of para-hydroxylation sites is 1. The van der Waals surface area contributed by atoms with Gasteiger partial charge in [-0.1, -0.05) is 48.5 Å². The maximum atomic E-state index is 13.0. The van der Waals surface area contributed by atoms with Crippen LogP contribution in [0.5, 0.6) is 0 Å². The number of anilines is 1. The second-order valence-electron chi connectivity index (χ2n) is 7.57. The fraction of sp³-hybridized carbons (Fsp3) is 0.250. The first-order valence-electron chi connectivity index (χ1n) is 10.6. The third kappa shape index (κ3) is 5.63. The lowest BCUT2D eigenvalue weighted by Crippen LogP contribution is -2.23. The molecule has 2 aromatic carbocycles. The van der Waals surface area contributed by atoms with Crippen molar-refractivity contribution in [1.82, 2.24) is 14.5 Å². The number of aromatic nitrogens is 3. The monoisotopic (exact) mass is 498 g/mol. The molecule has 0 saturated carbocycles. The molecule has 0 unspecified atom stereocenters. The summed E-state index contributed by atoms with van der Waals surface area (Å²) in [7, 11) is 0. The Labute approximate surface area is 205 Å². The maximum absolute atomic E-state index is 13.0. The molecule has 0 bridgehead atoms. The van der Waals surface area contributed by atoms with Crippen LogP contribution in [-0.4, -0.2) is 20.4 Å². The molecule has 4 rings (SSSR count). The van der Waals surface area contributed by atoms with Crippen molar-refractivity contribution in [2.45, 2.75) is 44.1 Å². The van der Waals surface area contributed by atoms with E-state index >= 15 is 0 Å². The van der Waals surface area contributed by atoms with Crippen molar-refractivity contribution in [3.8, 4) is 0 Å². The Balaban J connectivity index is 1.46. The number of rotatable bonds is 8. The molecule has 0 aliphatic rings. The number of benzene rings is 2. The molecule has 0 aliphatic heterocycles. The van der Waals surface area contributed by atoms with E-state index in [0.717, 1.165) is 28.4 Å². The van der Waals surface area contributed by atoms with Gasteiger partial charge in [0.1, 0.15) is 5.01 Å². The van der Waals surface area contributed by atoms with Gasteiger partial charge in [0.2, 0.25) is 5.91 Å². The van der Waals surface area contributed by atoms with E-state index in [0.29, 0.717) is 33.4 Å². The standard InChI is InChI=1S/C24H23ClN4O2S2/c1-3-10-29-23(31)18-9-8-16(25)11-20(18)28-24(29)33-14-17-13-32-22(26-17)12-21(30)27-19-7-5-4-6-15(19)2/h4-9,11,13H,3,10,12,14H2,1-2H3,(H,27,30). The molecule has 0 fully saturated rings. The van der Waals surface area contributed by atoms with Gasteiger partial charge in [0, 0.05) is 28.4 Å². The zero-order chi connectivity index (χ0) is 23.4. The van der Waals surface area contributed by atoms with Crippen LogP contribution >= 0.6 is 34.7 Å². The van der Waals surface area contributed by atoms with Crippen LogP contribution in [0.4, 0.5) is 5.69 Å². The van der Waals surface area contributed by atoms with Gasteiger partial charge in [0.25, 0.3) is 5.56 Å². The fourth-order valence-electron chi connectivity index (χ4n) is 3.38. The zero-order valence-electron chi connectivity index (χ0n) is 18.3. The lowest BCUT2D eigenvalue weighted by atomic mass is 10.2. The van der Waals surface area contributed by atoms with Crippen LogP contribution in [0.15, 0.2) is 57.8 Å². The number of carbonyl (C=O) groups excluding carboxylic acids is 1. The van der Waals surface area contributed by atoms with Crippen molar-refractivity contribution in [2.75, 3.05) is 5.32 Å². The summed E-state index contributed by atoms with van der Waals surface area (Å²) in [6, 6.07) is 12.8. The highest BCUT2D eigenvalue weighted by Crippen LogP contribution is 2.25. The first-order valence-corrected chi connectivity index (χ1v) is 12.8. The first-order chi connectivity index (χ1) is 15.9. The number of amides is 1. The lowest BCUT2D eigenvalue weighted by molar-refractivity contribution is -0.115. The average Bonchev–Trinajstić information content (AvgIpc) is 3.23. The van der Waals surface area contributed by atoms with Gasteiger partial charge < -0.3 is 5.32 Å². The Morgan fingerprint density at radius 2 is 2.03 bits per heavy atom. The van der Waals surface area contributed by atoms with E-state index in [1.54, 1.807) is 22.8 Å². The second-order valence-corrected chi connectivity index (χ2v) is 9.90. The quantitative estimate of drug-likeness (QED) is 0.249. The Morgan fingerprint density at radius 1 is 1.21 bits per heavy atom. The Hall–Kier alpha value is -2.68. The molecule has 0 atom stereocenters. The SMILES string of the molecule is CCCn1c(SCc2csc(CC(=O)Nc3ccccc3C)n2)nc2cc(Cl)ccc2c1=O. The molecule has 170 valence electrons. The Morgan fingerprint density at radius 3 is 2.82 bits per heavy atom. The Kier molecular flexibility index (Phi) is 7.47. The fourth-order valence-corrected chi connectivity index (χ4v) is 5.37. The molecule has 4 aromatic rings. The lowest BCUT2D eigenvalue weighted by Gasteiger charge is -2.12. The molecule has 1 N–H and O–H groups in total. The highest BCUT2D eigenvalue weighted by molar-refractivity contribution is 7.98. The number of fused-ring (bicyclic) bond motifs is 1. The molecule has 0 saturated heterocycles. The summed E-state index contributed by atoms with van der Waals surface area (Å²) in [5.74, 6) is 0.459. The molecule has 0 aliphatic carbocycles. The molecule has 33 heavy (non-hydrogen) atoms. The number of thioether (sulfide) groups is 1. The van der Waals surface area contributed by atoms with E-state index in [-0.39, 0.29) is 17.9 Å². The van der Waals surface area contributed by atoms with Gasteiger partial charge in [-0.05, 0) is 43.2 Å². The summed E-state index contributed by atoms with van der Waals surface area (Å²) in [4.78, 5) is 34.7. The summed E-state index contributed by atoms with van der Waals surface area (Å²) in [5, 5.41) is 7.39. The third-order valence-electron chi connectivity index (χ3n) is 5.01. The number of nitrogens with one attached hydrogen (secondary N) is 1. The molecule has 0 spiro atoms. The highest BCUT2D eigenvalue weighted by Gasteiger charge is 2.14. The number of thiazole rings is 1. The summed E-state index contributed by atoms with van der Waals surface area (Å²) >= 11 is 9.03. The van der Waals surface area contributed by atoms with Crippen LogP contribution in [0, 0.1) is 6.92 Å². The van der Waals surface area contributed by atoms with E-state index in [9.17, 15) is 9.59 Å². The molecule has 0 radical (unpaired) electrons. The molecule has 2 heterocycles. The number of halogens is 1. The van der Waals surface area contributed by atoms with Crippen molar-refractivity contribution in [2.24, 2.45) is 0 Å². The van der Waals surface area contributed by atoms with Crippen molar-refractivity contribution in [1.29, 1.82) is 0 Å². The van der Waals surface area contributed by atoms with Crippen LogP contribution < -0.4 is 10.9 Å². The molecular weight excluding hydrogens is 476 g/mol. The van der Waals surface area contributed by atoms with Crippen molar-refractivity contribution in [3.05, 3.63) is 79.5 Å². The van der Waals surface area contributed by atoms with E-state index in [4.69, 9.17) is 16.6 Å². The zero-order valence-corrected chi connectivity index (χ0v) is 20.7. The van der Waals surface area contributed by atoms with E-state index in [1.165, 1.54) is 23.1 Å². The van der Waals surface area contributed by atoms with Crippen LogP contribution in [0.1, 0.15) is 29.6 Å². The van der Waals surface area contributed by atoms with Gasteiger partial charge in [-0.2, -0.15) is 0 Å². The van der Waals surface area contributed by atoms with Crippen molar-refractivity contribution < 1.29 is 4.79 Å². The maximum Gasteiger partial charge on any atom is 0.262 e. The third-order valence-corrected chi connectivity index (χ3v) is 7.15. The average molecular weight is 499 g/mol. The normalized spacial score (nSPS) is 11.1. The highest BCUT2D eigenvalue weighted by atomic mass is 35.5. The summed E-state index contributed by atoms with van der Waals surface area (Å²) < 4.78 is 1.71. The van der Waals surface area contributed by atoms with Crippen molar-refractivity contribution >= 4 is 57.2 Å². The van der Waals surface area contributed by atoms with Gasteiger partial charge in [0.05, 0.1) is 23.0 Å². The van der Waals surface area contributed by atoms with Crippen LogP contribution in [0.3, 0.4) is 0 Å². The topological polar surface area (TPSA) is 76.9 Å². The number of carbonyl (C=O) groups is 1. The molecule has 2 aromatic heterocycles. The molecular formula is C24H23ClN4O2S2. The van der Waals surface area contributed by atoms with Gasteiger partial charge >= 0.3 is 0 Å². The summed E-state index contributed by atoms with van der Waals surface area (Å²) in [5.41, 5.74) is 3.21. The number of hydrogen-bond donors (Lipinski definition) is 1. The van der Waals surface area contributed by atoms with E-state index in [1.807, 2.05) is 43.5 Å².